The van der Waals surface area contributed by atoms with E-state index in [1.165, 1.54) is 0 Å². The number of nitrogen functional groups attached to an aromatic ring is 1. The second-order valence-electron chi connectivity index (χ2n) is 5.26. The zero-order valence-corrected chi connectivity index (χ0v) is 12.8. The molecule has 1 aromatic heterocycles. The number of nitrogens with two attached hydrogens (primary N) is 1. The maximum absolute atomic E-state index is 12.2. The first-order chi connectivity index (χ1) is 9.88. The molecule has 0 radical (unpaired) electrons. The van der Waals surface area contributed by atoms with Crippen LogP contribution in [-0.4, -0.2) is 29.8 Å². The zero-order chi connectivity index (χ0) is 15.6. The highest BCUT2D eigenvalue weighted by molar-refractivity contribution is 5.96. The molecule has 0 fully saturated rings. The lowest BCUT2D eigenvalue weighted by Gasteiger charge is -2.15. The normalized spacial score (nSPS) is 10.5. The van der Waals surface area contributed by atoms with Crippen molar-refractivity contribution in [3.63, 3.8) is 0 Å². The summed E-state index contributed by atoms with van der Waals surface area (Å²) >= 11 is 0. The number of rotatable bonds is 4. The van der Waals surface area contributed by atoms with E-state index in [0.717, 1.165) is 16.9 Å². The molecular formula is C15H21N5O. The Labute approximate surface area is 124 Å². The summed E-state index contributed by atoms with van der Waals surface area (Å²) in [6, 6.07) is 5.32. The Kier molecular flexibility index (Phi) is 4.16. The molecule has 0 saturated carbocycles. The molecular weight excluding hydrogens is 266 g/mol. The van der Waals surface area contributed by atoms with Crippen molar-refractivity contribution in [2.45, 2.75) is 13.5 Å². The van der Waals surface area contributed by atoms with E-state index in [-0.39, 0.29) is 5.91 Å². The van der Waals surface area contributed by atoms with Gasteiger partial charge in [0.15, 0.2) is 0 Å². The molecule has 0 saturated heterocycles. The first kappa shape index (κ1) is 14.9. The van der Waals surface area contributed by atoms with Gasteiger partial charge >= 0.3 is 0 Å². The number of anilines is 2. The minimum Gasteiger partial charge on any atom is -0.397 e. The van der Waals surface area contributed by atoms with Gasteiger partial charge in [0.05, 0.1) is 17.1 Å². The van der Waals surface area contributed by atoms with Crippen LogP contribution in [0.2, 0.25) is 0 Å². The van der Waals surface area contributed by atoms with Gasteiger partial charge in [-0.2, -0.15) is 5.10 Å². The van der Waals surface area contributed by atoms with Crippen LogP contribution in [0, 0.1) is 6.92 Å². The summed E-state index contributed by atoms with van der Waals surface area (Å²) in [4.78, 5) is 14.1. The quantitative estimate of drug-likeness (QED) is 0.831. The van der Waals surface area contributed by atoms with Gasteiger partial charge in [0.25, 0.3) is 5.91 Å². The molecule has 3 N–H and O–H groups in total. The Balaban J connectivity index is 2.07. The second-order valence-corrected chi connectivity index (χ2v) is 5.26. The van der Waals surface area contributed by atoms with E-state index in [1.54, 1.807) is 16.8 Å². The topological polar surface area (TPSA) is 76.2 Å². The van der Waals surface area contributed by atoms with Gasteiger partial charge in [0, 0.05) is 45.0 Å². The largest absolute Gasteiger partial charge is 0.397 e. The van der Waals surface area contributed by atoms with Gasteiger partial charge in [0.2, 0.25) is 0 Å². The average Bonchev–Trinajstić information content (AvgIpc) is 2.73. The van der Waals surface area contributed by atoms with Crippen LogP contribution in [0.1, 0.15) is 21.6 Å². The molecule has 6 nitrogen and oxygen atoms in total. The molecule has 0 aliphatic carbocycles. The zero-order valence-electron chi connectivity index (χ0n) is 12.8. The predicted molar refractivity (Wildman–Crippen MR) is 84.3 cm³/mol. The van der Waals surface area contributed by atoms with Crippen molar-refractivity contribution in [2.75, 3.05) is 24.7 Å². The van der Waals surface area contributed by atoms with E-state index < -0.39 is 0 Å². The number of hydrogen-bond donors (Lipinski definition) is 2. The molecule has 6 heteroatoms. The number of benzene rings is 1. The van der Waals surface area contributed by atoms with Crippen LogP contribution in [0.25, 0.3) is 0 Å². The fourth-order valence-electron chi connectivity index (χ4n) is 2.20. The van der Waals surface area contributed by atoms with Gasteiger partial charge in [-0.05, 0) is 25.1 Å². The molecule has 21 heavy (non-hydrogen) atoms. The molecule has 0 unspecified atom stereocenters. The van der Waals surface area contributed by atoms with E-state index >= 15 is 0 Å². The van der Waals surface area contributed by atoms with Gasteiger partial charge in [-0.1, -0.05) is 0 Å². The lowest BCUT2D eigenvalue weighted by molar-refractivity contribution is 0.0951. The minimum atomic E-state index is -0.143. The van der Waals surface area contributed by atoms with Crippen molar-refractivity contribution in [1.82, 2.24) is 15.1 Å². The molecule has 1 aromatic carbocycles. The molecule has 2 rings (SSSR count). The fourth-order valence-corrected chi connectivity index (χ4v) is 2.20. The van der Waals surface area contributed by atoms with Crippen LogP contribution in [0.5, 0.6) is 0 Å². The van der Waals surface area contributed by atoms with Crippen LogP contribution < -0.4 is 16.0 Å². The molecule has 112 valence electrons. The Morgan fingerprint density at radius 1 is 1.43 bits per heavy atom. The maximum atomic E-state index is 12.2. The number of nitrogens with zero attached hydrogens (tertiary/aromatic N) is 3. The molecule has 0 bridgehead atoms. The summed E-state index contributed by atoms with van der Waals surface area (Å²) in [7, 11) is 5.69. The summed E-state index contributed by atoms with van der Waals surface area (Å²) in [5.74, 6) is -0.143. The van der Waals surface area contributed by atoms with Gasteiger partial charge in [0.1, 0.15) is 0 Å². The first-order valence-electron chi connectivity index (χ1n) is 6.72. The molecule has 2 aromatic rings. The summed E-state index contributed by atoms with van der Waals surface area (Å²) < 4.78 is 1.74. The molecule has 0 aliphatic rings. The minimum absolute atomic E-state index is 0.143. The SMILES string of the molecule is Cc1nn(C)cc1CNC(=O)c1ccc(N(C)C)c(N)c1. The maximum Gasteiger partial charge on any atom is 0.251 e. The van der Waals surface area contributed by atoms with Crippen molar-refractivity contribution in [3.05, 3.63) is 41.2 Å². The summed E-state index contributed by atoms with van der Waals surface area (Å²) in [6.07, 6.45) is 1.90. The first-order valence-corrected chi connectivity index (χ1v) is 6.72. The third-order valence-corrected chi connectivity index (χ3v) is 3.33. The summed E-state index contributed by atoms with van der Waals surface area (Å²) in [5, 5.41) is 7.13. The van der Waals surface area contributed by atoms with E-state index in [1.807, 2.05) is 45.2 Å². The van der Waals surface area contributed by atoms with E-state index in [4.69, 9.17) is 5.73 Å². The second kappa shape index (κ2) is 5.87. The van der Waals surface area contributed by atoms with Gasteiger partial charge in [-0.15, -0.1) is 0 Å². The Morgan fingerprint density at radius 2 is 2.14 bits per heavy atom. The van der Waals surface area contributed by atoms with E-state index in [0.29, 0.717) is 17.8 Å². The number of hydrogen-bond acceptors (Lipinski definition) is 4. The number of carbonyl (C=O) groups is 1. The lowest BCUT2D eigenvalue weighted by Crippen LogP contribution is -2.23. The fraction of sp³-hybridized carbons (Fsp3) is 0.333. The third-order valence-electron chi connectivity index (χ3n) is 3.33. The molecule has 1 heterocycles. The van der Waals surface area contributed by atoms with E-state index in [9.17, 15) is 4.79 Å². The molecule has 1 amide bonds. The Bertz CT molecular complexity index is 660. The van der Waals surface area contributed by atoms with Crippen LogP contribution in [0.3, 0.4) is 0 Å². The number of aryl methyl sites for hydroxylation is 2. The third kappa shape index (κ3) is 3.34. The smallest absolute Gasteiger partial charge is 0.251 e. The highest BCUT2D eigenvalue weighted by atomic mass is 16.1. The van der Waals surface area contributed by atoms with Crippen molar-refractivity contribution < 1.29 is 4.79 Å². The number of carbonyl (C=O) groups excluding carboxylic acids is 1. The highest BCUT2D eigenvalue weighted by Gasteiger charge is 2.10. The standard InChI is InChI=1S/C15H21N5O/c1-10-12(9-20(4)18-10)8-17-15(21)11-5-6-14(19(2)3)13(16)7-11/h5-7,9H,8,16H2,1-4H3,(H,17,21). The van der Waals surface area contributed by atoms with Crippen LogP contribution >= 0.6 is 0 Å². The Hall–Kier alpha value is -2.50. The van der Waals surface area contributed by atoms with Crippen molar-refractivity contribution >= 4 is 17.3 Å². The monoisotopic (exact) mass is 287 g/mol. The summed E-state index contributed by atoms with van der Waals surface area (Å²) in [5.41, 5.74) is 9.92. The summed E-state index contributed by atoms with van der Waals surface area (Å²) in [6.45, 7) is 2.37. The van der Waals surface area contributed by atoms with Gasteiger partial charge < -0.3 is 16.0 Å². The average molecular weight is 287 g/mol. The Morgan fingerprint density at radius 3 is 2.67 bits per heavy atom. The van der Waals surface area contributed by atoms with Gasteiger partial charge in [-0.25, -0.2) is 0 Å². The lowest BCUT2D eigenvalue weighted by atomic mass is 10.1. The van der Waals surface area contributed by atoms with E-state index in [2.05, 4.69) is 10.4 Å². The van der Waals surface area contributed by atoms with Gasteiger partial charge in [-0.3, -0.25) is 9.48 Å². The van der Waals surface area contributed by atoms with Crippen molar-refractivity contribution in [3.8, 4) is 0 Å². The van der Waals surface area contributed by atoms with Crippen molar-refractivity contribution in [1.29, 1.82) is 0 Å². The number of nitrogens with one attached hydrogen (secondary N) is 1. The molecule has 0 spiro atoms. The highest BCUT2D eigenvalue weighted by Crippen LogP contribution is 2.22. The number of aromatic nitrogens is 2. The van der Waals surface area contributed by atoms with Crippen LogP contribution in [-0.2, 0) is 13.6 Å². The predicted octanol–water partition coefficient (Wildman–Crippen LogP) is 1.31. The molecule has 0 atom stereocenters. The molecule has 0 aliphatic heterocycles. The van der Waals surface area contributed by atoms with Crippen molar-refractivity contribution in [2.24, 2.45) is 7.05 Å². The van der Waals surface area contributed by atoms with Crippen LogP contribution in [0.4, 0.5) is 11.4 Å². The van der Waals surface area contributed by atoms with Crippen LogP contribution in [0.15, 0.2) is 24.4 Å². The number of amides is 1.